The summed E-state index contributed by atoms with van der Waals surface area (Å²) in [6.07, 6.45) is -1.26. The maximum atomic E-state index is 12.9. The first-order chi connectivity index (χ1) is 14.7. The Morgan fingerprint density at radius 3 is 2.81 bits per heavy atom. The Bertz CT molecular complexity index is 1110. The van der Waals surface area contributed by atoms with Gasteiger partial charge in [0.1, 0.15) is 5.75 Å². The molecule has 0 bridgehead atoms. The third-order valence-corrected chi connectivity index (χ3v) is 4.85. The van der Waals surface area contributed by atoms with Crippen LogP contribution in [0.4, 0.5) is 18.9 Å². The fraction of sp³-hybridized carbons (Fsp3) is 0.286. The molecule has 0 aliphatic carbocycles. The van der Waals surface area contributed by atoms with Crippen molar-refractivity contribution < 1.29 is 27.4 Å². The Hall–Kier alpha value is -3.40. The predicted molar refractivity (Wildman–Crippen MR) is 105 cm³/mol. The standard InChI is InChI=1S/C21H19F3N4O3/c1-12-8-15(5-6-18(12)31-21(22,23)24)28-17-9-13(2)30-11-16(17)19(27-28)20(29)26-14-4-3-7-25-10-14/h3-8,10,13H,9,11H2,1-2H3,(H,26,29). The maximum absolute atomic E-state index is 12.9. The first-order valence-corrected chi connectivity index (χ1v) is 9.52. The smallest absolute Gasteiger partial charge is 0.406 e. The number of aromatic nitrogens is 3. The zero-order valence-corrected chi connectivity index (χ0v) is 16.7. The highest BCUT2D eigenvalue weighted by molar-refractivity contribution is 6.04. The summed E-state index contributed by atoms with van der Waals surface area (Å²) in [4.78, 5) is 16.8. The minimum atomic E-state index is -4.78. The second-order valence-electron chi connectivity index (χ2n) is 7.20. The molecule has 0 fully saturated rings. The Labute approximate surface area is 175 Å². The molecule has 7 nitrogen and oxygen atoms in total. The van der Waals surface area contributed by atoms with E-state index in [1.807, 2.05) is 6.92 Å². The van der Waals surface area contributed by atoms with E-state index in [4.69, 9.17) is 4.74 Å². The number of amides is 1. The minimum absolute atomic E-state index is 0.0916. The Balaban J connectivity index is 1.71. The molecule has 0 spiro atoms. The molecule has 1 aromatic carbocycles. The van der Waals surface area contributed by atoms with Crippen LogP contribution in [0.15, 0.2) is 42.7 Å². The number of rotatable bonds is 4. The Morgan fingerprint density at radius 2 is 2.13 bits per heavy atom. The number of hydrogen-bond acceptors (Lipinski definition) is 5. The van der Waals surface area contributed by atoms with Gasteiger partial charge in [-0.3, -0.25) is 9.78 Å². The van der Waals surface area contributed by atoms with E-state index in [1.54, 1.807) is 23.0 Å². The first kappa shape index (κ1) is 20.9. The molecule has 3 heterocycles. The maximum Gasteiger partial charge on any atom is 0.573 e. The molecule has 2 aromatic heterocycles. The molecule has 1 N–H and O–H groups in total. The molecule has 0 radical (unpaired) electrons. The summed E-state index contributed by atoms with van der Waals surface area (Å²) in [5, 5.41) is 7.23. The van der Waals surface area contributed by atoms with Gasteiger partial charge in [-0.25, -0.2) is 4.68 Å². The largest absolute Gasteiger partial charge is 0.573 e. The Morgan fingerprint density at radius 1 is 1.32 bits per heavy atom. The van der Waals surface area contributed by atoms with Crippen molar-refractivity contribution in [2.24, 2.45) is 0 Å². The zero-order valence-electron chi connectivity index (χ0n) is 16.7. The molecule has 1 atom stereocenters. The second-order valence-corrected chi connectivity index (χ2v) is 7.20. The quantitative estimate of drug-likeness (QED) is 0.669. The lowest BCUT2D eigenvalue weighted by atomic mass is 10.0. The van der Waals surface area contributed by atoms with Crippen molar-refractivity contribution in [2.45, 2.75) is 39.3 Å². The van der Waals surface area contributed by atoms with Crippen LogP contribution < -0.4 is 10.1 Å². The van der Waals surface area contributed by atoms with E-state index in [0.717, 1.165) is 5.69 Å². The van der Waals surface area contributed by atoms with Gasteiger partial charge in [-0.15, -0.1) is 13.2 Å². The highest BCUT2D eigenvalue weighted by Gasteiger charge is 2.32. The zero-order chi connectivity index (χ0) is 22.2. The van der Waals surface area contributed by atoms with Crippen LogP contribution in [0, 0.1) is 6.92 Å². The van der Waals surface area contributed by atoms with Gasteiger partial charge in [0.25, 0.3) is 5.91 Å². The summed E-state index contributed by atoms with van der Waals surface area (Å²) in [5.74, 6) is -0.710. The van der Waals surface area contributed by atoms with Gasteiger partial charge in [0, 0.05) is 18.2 Å². The van der Waals surface area contributed by atoms with Gasteiger partial charge in [-0.05, 0) is 49.7 Å². The number of nitrogens with one attached hydrogen (secondary N) is 1. The number of halogens is 3. The number of nitrogens with zero attached hydrogens (tertiary/aromatic N) is 3. The van der Waals surface area contributed by atoms with Gasteiger partial charge in [0.15, 0.2) is 5.69 Å². The summed E-state index contributed by atoms with van der Waals surface area (Å²) in [7, 11) is 0. The molecular formula is C21H19F3N4O3. The molecular weight excluding hydrogens is 413 g/mol. The third kappa shape index (κ3) is 4.53. The van der Waals surface area contributed by atoms with Crippen molar-refractivity contribution in [3.8, 4) is 11.4 Å². The lowest BCUT2D eigenvalue weighted by Gasteiger charge is -2.21. The number of anilines is 1. The fourth-order valence-electron chi connectivity index (χ4n) is 3.43. The molecule has 31 heavy (non-hydrogen) atoms. The average Bonchev–Trinajstić information content (AvgIpc) is 3.08. The number of fused-ring (bicyclic) bond motifs is 1. The number of carbonyl (C=O) groups excluding carboxylic acids is 1. The molecule has 4 rings (SSSR count). The van der Waals surface area contributed by atoms with E-state index in [0.29, 0.717) is 28.9 Å². The van der Waals surface area contributed by atoms with Gasteiger partial charge in [0.2, 0.25) is 0 Å². The van der Waals surface area contributed by atoms with Crippen LogP contribution in [0.3, 0.4) is 0 Å². The van der Waals surface area contributed by atoms with Crippen LogP contribution in [-0.4, -0.2) is 33.1 Å². The number of hydrogen-bond donors (Lipinski definition) is 1. The van der Waals surface area contributed by atoms with Crippen LogP contribution in [0.1, 0.15) is 34.2 Å². The minimum Gasteiger partial charge on any atom is -0.406 e. The van der Waals surface area contributed by atoms with Crippen molar-refractivity contribution in [1.29, 1.82) is 0 Å². The van der Waals surface area contributed by atoms with Crippen molar-refractivity contribution in [1.82, 2.24) is 14.8 Å². The number of aryl methyl sites for hydroxylation is 1. The van der Waals surface area contributed by atoms with E-state index in [1.165, 1.54) is 31.3 Å². The predicted octanol–water partition coefficient (Wildman–Crippen LogP) is 4.19. The topological polar surface area (TPSA) is 78.3 Å². The van der Waals surface area contributed by atoms with E-state index >= 15 is 0 Å². The summed E-state index contributed by atoms with van der Waals surface area (Å²) in [6, 6.07) is 7.66. The van der Waals surface area contributed by atoms with Gasteiger partial charge >= 0.3 is 6.36 Å². The fourth-order valence-corrected chi connectivity index (χ4v) is 3.43. The molecule has 1 aliphatic rings. The van der Waals surface area contributed by atoms with Crippen LogP contribution in [0.25, 0.3) is 5.69 Å². The van der Waals surface area contributed by atoms with Crippen molar-refractivity contribution >= 4 is 11.6 Å². The third-order valence-electron chi connectivity index (χ3n) is 4.85. The highest BCUT2D eigenvalue weighted by Crippen LogP contribution is 2.31. The van der Waals surface area contributed by atoms with E-state index in [2.05, 4.69) is 20.1 Å². The SMILES string of the molecule is Cc1cc(-n2nc(C(=O)Nc3cccnc3)c3c2CC(C)OC3)ccc1OC(F)(F)F. The van der Waals surface area contributed by atoms with E-state index < -0.39 is 12.3 Å². The van der Waals surface area contributed by atoms with Crippen LogP contribution in [0.2, 0.25) is 0 Å². The molecule has 10 heteroatoms. The van der Waals surface area contributed by atoms with Crippen LogP contribution in [0.5, 0.6) is 5.75 Å². The number of carbonyl (C=O) groups is 1. The summed E-state index contributed by atoms with van der Waals surface area (Å²) in [6.45, 7) is 3.63. The van der Waals surface area contributed by atoms with E-state index in [9.17, 15) is 18.0 Å². The summed E-state index contributed by atoms with van der Waals surface area (Å²) in [5.41, 5.74) is 2.95. The average molecular weight is 432 g/mol. The molecule has 0 saturated carbocycles. The summed E-state index contributed by atoms with van der Waals surface area (Å²) < 4.78 is 49.1. The number of ether oxygens (including phenoxy) is 2. The van der Waals surface area contributed by atoms with Gasteiger partial charge in [-0.1, -0.05) is 0 Å². The Kier molecular flexibility index (Phi) is 5.40. The molecule has 1 aliphatic heterocycles. The monoisotopic (exact) mass is 432 g/mol. The molecule has 3 aromatic rings. The highest BCUT2D eigenvalue weighted by atomic mass is 19.4. The second kappa shape index (κ2) is 8.03. The normalized spacial score (nSPS) is 16.0. The van der Waals surface area contributed by atoms with Gasteiger partial charge < -0.3 is 14.8 Å². The molecule has 162 valence electrons. The van der Waals surface area contributed by atoms with Crippen LogP contribution >= 0.6 is 0 Å². The number of pyridine rings is 1. The van der Waals surface area contributed by atoms with Crippen LogP contribution in [-0.2, 0) is 17.8 Å². The lowest BCUT2D eigenvalue weighted by Crippen LogP contribution is -2.22. The number of alkyl halides is 3. The first-order valence-electron chi connectivity index (χ1n) is 9.52. The van der Waals surface area contributed by atoms with Gasteiger partial charge in [-0.2, -0.15) is 5.10 Å². The van der Waals surface area contributed by atoms with E-state index in [-0.39, 0.29) is 24.2 Å². The number of benzene rings is 1. The van der Waals surface area contributed by atoms with Gasteiger partial charge in [0.05, 0.1) is 36.0 Å². The molecule has 1 amide bonds. The van der Waals surface area contributed by atoms with Crippen molar-refractivity contribution in [3.63, 3.8) is 0 Å². The molecule has 0 saturated heterocycles. The van der Waals surface area contributed by atoms with Crippen molar-refractivity contribution in [2.75, 3.05) is 5.32 Å². The van der Waals surface area contributed by atoms with Crippen molar-refractivity contribution in [3.05, 3.63) is 65.2 Å². The lowest BCUT2D eigenvalue weighted by molar-refractivity contribution is -0.274. The molecule has 1 unspecified atom stereocenters. The summed E-state index contributed by atoms with van der Waals surface area (Å²) >= 11 is 0.